The number of nitrogens with one attached hydrogen (secondary N) is 1. The van der Waals surface area contributed by atoms with E-state index in [0.29, 0.717) is 30.2 Å². The number of carbonyl (C=O) groups is 3. The quantitative estimate of drug-likeness (QED) is 0.356. The van der Waals surface area contributed by atoms with Gasteiger partial charge in [-0.1, -0.05) is 62.8 Å². The number of halogens is 1. The molecule has 1 unspecified atom stereocenters. The van der Waals surface area contributed by atoms with E-state index in [0.717, 1.165) is 56.2 Å². The Hall–Kier alpha value is -2.87. The molecule has 2 N–H and O–H groups in total. The van der Waals surface area contributed by atoms with Crippen LogP contribution in [-0.2, 0) is 9.59 Å². The number of carboxylic acids is 1. The monoisotopic (exact) mass is 502 g/mol. The Morgan fingerprint density at radius 2 is 1.86 bits per heavy atom. The summed E-state index contributed by atoms with van der Waals surface area (Å²) in [4.78, 5) is 38.0. The van der Waals surface area contributed by atoms with Crippen molar-refractivity contribution in [3.63, 3.8) is 0 Å². The highest BCUT2D eigenvalue weighted by Crippen LogP contribution is 2.29. The summed E-state index contributed by atoms with van der Waals surface area (Å²) in [5.41, 5.74) is 2.12. The van der Waals surface area contributed by atoms with Crippen molar-refractivity contribution in [2.75, 3.05) is 19.6 Å². The van der Waals surface area contributed by atoms with Gasteiger partial charge in [0.15, 0.2) is 0 Å². The van der Waals surface area contributed by atoms with Crippen molar-refractivity contribution in [2.24, 2.45) is 0 Å². The van der Waals surface area contributed by atoms with Gasteiger partial charge in [0.05, 0.1) is 18.3 Å². The van der Waals surface area contributed by atoms with Gasteiger partial charge in [-0.25, -0.2) is 0 Å². The van der Waals surface area contributed by atoms with Crippen molar-refractivity contribution in [1.82, 2.24) is 20.0 Å². The van der Waals surface area contributed by atoms with Crippen molar-refractivity contribution in [3.8, 4) is 11.3 Å². The van der Waals surface area contributed by atoms with Crippen LogP contribution in [0.25, 0.3) is 11.3 Å². The Balaban J connectivity index is 1.61. The fourth-order valence-corrected chi connectivity index (χ4v) is 4.49. The lowest BCUT2D eigenvalue weighted by molar-refractivity contribution is -0.137. The number of carboxylic acid groups (broad SMARTS) is 1. The molecule has 190 valence electrons. The van der Waals surface area contributed by atoms with E-state index in [9.17, 15) is 14.4 Å². The van der Waals surface area contributed by atoms with E-state index in [-0.39, 0.29) is 30.8 Å². The maximum atomic E-state index is 13.2. The van der Waals surface area contributed by atoms with Gasteiger partial charge in [0.1, 0.15) is 5.69 Å². The zero-order chi connectivity index (χ0) is 25.2. The standard InChI is InChI=1S/C26H35ClN4O4/c1-2-3-6-9-21-17-30(18-24(32)28-15-8-5-4-7-10-25(33)34)26(35)23-16-22(29-31(21)23)19-11-13-20(27)14-12-19/h11-14,16,21H,2-10,15,17-18H2,1H3,(H,28,32)(H,33,34). The topological polar surface area (TPSA) is 105 Å². The zero-order valence-electron chi connectivity index (χ0n) is 20.3. The van der Waals surface area contributed by atoms with Gasteiger partial charge < -0.3 is 15.3 Å². The number of aliphatic carboxylic acids is 1. The smallest absolute Gasteiger partial charge is 0.303 e. The highest BCUT2D eigenvalue weighted by Gasteiger charge is 2.33. The van der Waals surface area contributed by atoms with Crippen LogP contribution in [0.3, 0.4) is 0 Å². The third-order valence-corrected chi connectivity index (χ3v) is 6.53. The molecule has 0 spiro atoms. The van der Waals surface area contributed by atoms with Gasteiger partial charge in [0, 0.05) is 30.1 Å². The summed E-state index contributed by atoms with van der Waals surface area (Å²) in [6, 6.07) is 9.22. The van der Waals surface area contributed by atoms with Crippen LogP contribution in [0.2, 0.25) is 5.02 Å². The van der Waals surface area contributed by atoms with E-state index in [1.54, 1.807) is 23.1 Å². The summed E-state index contributed by atoms with van der Waals surface area (Å²) in [6.07, 6.45) is 7.45. The minimum Gasteiger partial charge on any atom is -0.481 e. The average Bonchev–Trinajstić information content (AvgIpc) is 3.28. The number of rotatable bonds is 14. The van der Waals surface area contributed by atoms with Crippen molar-refractivity contribution in [1.29, 1.82) is 0 Å². The van der Waals surface area contributed by atoms with Gasteiger partial charge in [-0.15, -0.1) is 0 Å². The molecule has 35 heavy (non-hydrogen) atoms. The Morgan fingerprint density at radius 3 is 2.57 bits per heavy atom. The summed E-state index contributed by atoms with van der Waals surface area (Å²) >= 11 is 6.02. The van der Waals surface area contributed by atoms with Crippen LogP contribution in [-0.4, -0.2) is 57.2 Å². The number of hydrogen-bond acceptors (Lipinski definition) is 4. The molecule has 0 aliphatic carbocycles. The molecule has 1 atom stereocenters. The van der Waals surface area contributed by atoms with Crippen LogP contribution in [0.1, 0.15) is 81.2 Å². The van der Waals surface area contributed by atoms with Gasteiger partial charge in [0.25, 0.3) is 5.91 Å². The lowest BCUT2D eigenvalue weighted by atomic mass is 10.0. The fourth-order valence-electron chi connectivity index (χ4n) is 4.36. The predicted octanol–water partition coefficient (Wildman–Crippen LogP) is 4.93. The maximum Gasteiger partial charge on any atom is 0.303 e. The molecular formula is C26H35ClN4O4. The van der Waals surface area contributed by atoms with E-state index in [4.69, 9.17) is 21.8 Å². The Labute approximate surface area is 211 Å². The third kappa shape index (κ3) is 7.82. The predicted molar refractivity (Wildman–Crippen MR) is 135 cm³/mol. The molecule has 1 aliphatic rings. The number of hydrogen-bond donors (Lipinski definition) is 2. The first-order chi connectivity index (χ1) is 16.9. The van der Waals surface area contributed by atoms with Crippen LogP contribution in [0, 0.1) is 0 Å². The fraction of sp³-hybridized carbons (Fsp3) is 0.538. The molecule has 1 aromatic heterocycles. The Kier molecular flexibility index (Phi) is 10.1. The van der Waals surface area contributed by atoms with Crippen molar-refractivity contribution in [2.45, 2.75) is 70.8 Å². The number of carbonyl (C=O) groups excluding carboxylic acids is 2. The van der Waals surface area contributed by atoms with Gasteiger partial charge in [-0.2, -0.15) is 5.10 Å². The summed E-state index contributed by atoms with van der Waals surface area (Å²) in [5, 5.41) is 17.0. The first-order valence-corrected chi connectivity index (χ1v) is 12.9. The van der Waals surface area contributed by atoms with Crippen LogP contribution in [0.4, 0.5) is 0 Å². The van der Waals surface area contributed by atoms with Gasteiger partial charge in [0.2, 0.25) is 5.91 Å². The van der Waals surface area contributed by atoms with Gasteiger partial charge in [-0.05, 0) is 37.5 Å². The molecule has 1 aliphatic heterocycles. The largest absolute Gasteiger partial charge is 0.481 e. The Morgan fingerprint density at radius 1 is 1.11 bits per heavy atom. The molecule has 9 heteroatoms. The molecule has 0 saturated carbocycles. The van der Waals surface area contributed by atoms with E-state index < -0.39 is 5.97 Å². The highest BCUT2D eigenvalue weighted by atomic mass is 35.5. The molecular weight excluding hydrogens is 468 g/mol. The van der Waals surface area contributed by atoms with Crippen LogP contribution < -0.4 is 5.32 Å². The molecule has 8 nitrogen and oxygen atoms in total. The van der Waals surface area contributed by atoms with Crippen LogP contribution in [0.15, 0.2) is 30.3 Å². The van der Waals surface area contributed by atoms with Crippen molar-refractivity contribution in [3.05, 3.63) is 41.0 Å². The Bertz CT molecular complexity index is 1010. The average molecular weight is 503 g/mol. The zero-order valence-corrected chi connectivity index (χ0v) is 21.1. The van der Waals surface area contributed by atoms with Gasteiger partial charge >= 0.3 is 5.97 Å². The molecule has 1 aromatic carbocycles. The molecule has 0 saturated heterocycles. The summed E-state index contributed by atoms with van der Waals surface area (Å²) in [5.74, 6) is -1.14. The molecule has 2 heterocycles. The molecule has 0 fully saturated rings. The minimum absolute atomic E-state index is 0.0174. The molecule has 3 rings (SSSR count). The number of unbranched alkanes of at least 4 members (excludes halogenated alkanes) is 5. The molecule has 0 bridgehead atoms. The second-order valence-corrected chi connectivity index (χ2v) is 9.55. The van der Waals surface area contributed by atoms with E-state index in [2.05, 4.69) is 12.2 Å². The number of fused-ring (bicyclic) bond motifs is 1. The number of aromatic nitrogens is 2. The summed E-state index contributed by atoms with van der Waals surface area (Å²) in [7, 11) is 0. The summed E-state index contributed by atoms with van der Waals surface area (Å²) in [6.45, 7) is 3.15. The maximum absolute atomic E-state index is 13.2. The SMILES string of the molecule is CCCCCC1CN(CC(=O)NCCCCCCC(=O)O)C(=O)c2cc(-c3ccc(Cl)cc3)nn21. The van der Waals surface area contributed by atoms with Crippen LogP contribution in [0.5, 0.6) is 0 Å². The molecule has 2 amide bonds. The minimum atomic E-state index is -0.779. The van der Waals surface area contributed by atoms with Gasteiger partial charge in [-0.3, -0.25) is 19.1 Å². The van der Waals surface area contributed by atoms with Crippen LogP contribution >= 0.6 is 11.6 Å². The number of amides is 2. The van der Waals surface area contributed by atoms with E-state index in [1.807, 2.05) is 16.8 Å². The number of benzene rings is 1. The van der Waals surface area contributed by atoms with Crippen molar-refractivity contribution >= 4 is 29.4 Å². The first kappa shape index (κ1) is 26.7. The third-order valence-electron chi connectivity index (χ3n) is 6.27. The lowest BCUT2D eigenvalue weighted by Crippen LogP contribution is -2.47. The molecule has 0 radical (unpaired) electrons. The second kappa shape index (κ2) is 13.3. The van der Waals surface area contributed by atoms with E-state index >= 15 is 0 Å². The lowest BCUT2D eigenvalue weighted by Gasteiger charge is -2.33. The normalized spacial score (nSPS) is 15.2. The number of nitrogens with zero attached hydrogens (tertiary/aromatic N) is 3. The van der Waals surface area contributed by atoms with Crippen molar-refractivity contribution < 1.29 is 19.5 Å². The highest BCUT2D eigenvalue weighted by molar-refractivity contribution is 6.30. The first-order valence-electron chi connectivity index (χ1n) is 12.5. The van der Waals surface area contributed by atoms with E-state index in [1.165, 1.54) is 0 Å². The second-order valence-electron chi connectivity index (χ2n) is 9.11. The summed E-state index contributed by atoms with van der Waals surface area (Å²) < 4.78 is 1.84. The molecule has 2 aromatic rings.